The van der Waals surface area contributed by atoms with Gasteiger partial charge in [0.05, 0.1) is 66.2 Å². The van der Waals surface area contributed by atoms with Crippen LogP contribution >= 0.6 is 0 Å². The molecule has 27 aromatic rings. The summed E-state index contributed by atoms with van der Waals surface area (Å²) >= 11 is 0. The molecule has 6 nitrogen and oxygen atoms in total. The smallest absolute Gasteiger partial charge is 0.0548 e. The fraction of sp³-hybridized carbons (Fsp3) is 0. The molecule has 0 N–H and O–H groups in total. The molecule has 6 aromatic heterocycles. The van der Waals surface area contributed by atoms with E-state index in [-0.39, 0.29) is 0 Å². The molecule has 0 unspecified atom stereocenters. The van der Waals surface area contributed by atoms with E-state index in [0.29, 0.717) is 0 Å². The third kappa shape index (κ3) is 13.0. The predicted octanol–water partition coefficient (Wildman–Crippen LogP) is 33.6. The molecule has 132 heavy (non-hydrogen) atoms. The van der Waals surface area contributed by atoms with Crippen LogP contribution in [0.15, 0.2) is 510 Å². The first-order valence-electron chi connectivity index (χ1n) is 45.4. The van der Waals surface area contributed by atoms with E-state index in [9.17, 15) is 0 Å². The fourth-order valence-corrected chi connectivity index (χ4v) is 20.9. The van der Waals surface area contributed by atoms with E-state index in [1.807, 2.05) is 0 Å². The zero-order valence-electron chi connectivity index (χ0n) is 72.2. The van der Waals surface area contributed by atoms with Gasteiger partial charge in [-0.3, -0.25) is 0 Å². The van der Waals surface area contributed by atoms with Gasteiger partial charge in [0.25, 0.3) is 0 Å². The summed E-state index contributed by atoms with van der Waals surface area (Å²) in [5, 5.41) is 15.3. The van der Waals surface area contributed by atoms with Crippen molar-refractivity contribution in [2.24, 2.45) is 0 Å². The first-order chi connectivity index (χ1) is 65.5. The monoisotopic (exact) mass is 1680 g/mol. The molecule has 618 valence electrons. The molecular weight excluding hydrogens is 1600 g/mol. The number of rotatable bonds is 12. The van der Waals surface area contributed by atoms with Crippen LogP contribution in [-0.2, 0) is 0 Å². The lowest BCUT2D eigenvalue weighted by molar-refractivity contribution is 1.17. The van der Waals surface area contributed by atoms with Crippen LogP contribution in [0.25, 0.3) is 232 Å². The van der Waals surface area contributed by atoms with Gasteiger partial charge < -0.3 is 27.4 Å². The number of nitrogens with zero attached hydrogens (tertiary/aromatic N) is 6. The van der Waals surface area contributed by atoms with Gasteiger partial charge in [-0.25, -0.2) is 0 Å². The maximum Gasteiger partial charge on any atom is 0.0548 e. The van der Waals surface area contributed by atoms with Gasteiger partial charge in [-0.05, 0) is 218 Å². The van der Waals surface area contributed by atoms with E-state index in [1.165, 1.54) is 215 Å². The molecule has 0 fully saturated rings. The summed E-state index contributed by atoms with van der Waals surface area (Å²) in [7, 11) is 0. The fourth-order valence-electron chi connectivity index (χ4n) is 20.9. The van der Waals surface area contributed by atoms with Crippen molar-refractivity contribution >= 4 is 131 Å². The van der Waals surface area contributed by atoms with Crippen molar-refractivity contribution in [2.75, 3.05) is 0 Å². The summed E-state index contributed by atoms with van der Waals surface area (Å²) in [5.74, 6) is 0. The Labute approximate surface area is 763 Å². The molecule has 0 saturated carbocycles. The standard InChI is InChI=1S/C48H32N2.C42H28N2.C36H24N2/c1-4-13-33(14-5-1)35-23-25-36(26-24-35)37-17-12-20-40(31-37)50-44-28-27-38(34-15-6-2-7-16-34)32-42(44)48-46(50)30-29-45-47(48)41-21-10-11-22-43(41)49(45)39-18-8-3-9-19-39;1-4-12-29(13-5-1)31-20-23-34(24-21-31)44-39-27-26-38-41(35-18-10-11-19-37(35)43(38)33-16-8-3-9-17-33)42(39)36-25-22-32(28-40(36)44)30-14-6-2-7-15-30;1-4-12-25(13-5-1)26-20-21-30-34(24-26)38(28-16-8-3-9-17-28)33-23-22-32-35(36(30)33)29-18-10-11-19-31(29)37(32)27-14-6-2-7-15-27/h1-32H;1-28H;1-24H. The number of fused-ring (bicyclic) bond motifs is 21. The van der Waals surface area contributed by atoms with E-state index < -0.39 is 0 Å². The van der Waals surface area contributed by atoms with E-state index in [2.05, 4.69) is 537 Å². The summed E-state index contributed by atoms with van der Waals surface area (Å²) < 4.78 is 14.5. The molecule has 0 saturated heterocycles. The van der Waals surface area contributed by atoms with Crippen molar-refractivity contribution in [2.45, 2.75) is 0 Å². The van der Waals surface area contributed by atoms with Crippen molar-refractivity contribution in [3.8, 4) is 101 Å². The molecule has 6 heterocycles. The first-order valence-corrected chi connectivity index (χ1v) is 45.4. The van der Waals surface area contributed by atoms with Crippen molar-refractivity contribution in [3.05, 3.63) is 510 Å². The summed E-state index contributed by atoms with van der Waals surface area (Å²) in [6, 6.07) is 184. The number of benzene rings is 21. The van der Waals surface area contributed by atoms with Gasteiger partial charge in [0.15, 0.2) is 0 Å². The van der Waals surface area contributed by atoms with Crippen molar-refractivity contribution in [1.82, 2.24) is 27.4 Å². The summed E-state index contributed by atoms with van der Waals surface area (Å²) in [4.78, 5) is 0. The summed E-state index contributed by atoms with van der Waals surface area (Å²) in [6.07, 6.45) is 0. The molecule has 0 spiro atoms. The number of para-hydroxylation sites is 7. The molecule has 0 bridgehead atoms. The first kappa shape index (κ1) is 76.8. The molecule has 0 aliphatic rings. The van der Waals surface area contributed by atoms with E-state index in [0.717, 1.165) is 17.1 Å². The average Bonchev–Trinajstić information content (AvgIpc) is 1.55. The van der Waals surface area contributed by atoms with E-state index in [1.54, 1.807) is 0 Å². The molecular formula is C126H84N6. The van der Waals surface area contributed by atoms with Gasteiger partial charge in [0, 0.05) is 98.8 Å². The highest BCUT2D eigenvalue weighted by Gasteiger charge is 2.27. The zero-order valence-corrected chi connectivity index (χ0v) is 72.2. The van der Waals surface area contributed by atoms with Crippen LogP contribution in [0.1, 0.15) is 0 Å². The number of aromatic nitrogens is 6. The Hall–Kier alpha value is -17.6. The van der Waals surface area contributed by atoms with Crippen LogP contribution in [0, 0.1) is 0 Å². The lowest BCUT2D eigenvalue weighted by atomic mass is 10.00. The second-order valence-electron chi connectivity index (χ2n) is 34.2. The molecule has 0 aliphatic heterocycles. The van der Waals surface area contributed by atoms with Crippen LogP contribution in [0.3, 0.4) is 0 Å². The highest BCUT2D eigenvalue weighted by Crippen LogP contribution is 2.49. The maximum atomic E-state index is 2.45. The minimum absolute atomic E-state index is 1.15. The number of hydrogen-bond donors (Lipinski definition) is 0. The Balaban J connectivity index is 0.000000107. The highest BCUT2D eigenvalue weighted by atomic mass is 15.0. The lowest BCUT2D eigenvalue weighted by Crippen LogP contribution is -1.95. The molecule has 27 rings (SSSR count). The number of hydrogen-bond acceptors (Lipinski definition) is 0. The quantitative estimate of drug-likeness (QED) is 0.117. The van der Waals surface area contributed by atoms with Crippen LogP contribution in [-0.4, -0.2) is 27.4 Å². The Morgan fingerprint density at radius 2 is 0.280 bits per heavy atom. The second kappa shape index (κ2) is 32.4. The average molecular weight is 1680 g/mol. The van der Waals surface area contributed by atoms with Crippen LogP contribution in [0.2, 0.25) is 0 Å². The third-order valence-corrected chi connectivity index (χ3v) is 26.7. The van der Waals surface area contributed by atoms with Gasteiger partial charge >= 0.3 is 0 Å². The summed E-state index contributed by atoms with van der Waals surface area (Å²) in [6.45, 7) is 0. The van der Waals surface area contributed by atoms with Gasteiger partial charge in [0.2, 0.25) is 0 Å². The van der Waals surface area contributed by atoms with Gasteiger partial charge in [-0.2, -0.15) is 0 Å². The minimum Gasteiger partial charge on any atom is -0.309 e. The Morgan fingerprint density at radius 3 is 0.621 bits per heavy atom. The van der Waals surface area contributed by atoms with Crippen LogP contribution in [0.5, 0.6) is 0 Å². The molecule has 21 aromatic carbocycles. The zero-order chi connectivity index (χ0) is 87.1. The SMILES string of the molecule is c1ccc(-c2ccc(-c3cccc(-n4c5ccc(-c6ccccc6)cc5c5c6c7ccccc7n(-c7ccccc7)c6ccc54)c3)cc2)cc1.c1ccc(-c2ccc(-n3c4cc(-c5ccccc5)ccc4c4c5c6ccccc6n(-c6ccccc6)c5ccc43)cc2)cc1.c1ccc(-c2ccc3c4c5c6ccccc6n(-c6ccccc6)c5ccc4n(-c4ccccc4)c3c2)cc1. The Kier molecular flexibility index (Phi) is 18.8. The largest absolute Gasteiger partial charge is 0.309 e. The van der Waals surface area contributed by atoms with Crippen molar-refractivity contribution in [3.63, 3.8) is 0 Å². The van der Waals surface area contributed by atoms with E-state index >= 15 is 0 Å². The maximum absolute atomic E-state index is 2.45. The van der Waals surface area contributed by atoms with Crippen LogP contribution in [0.4, 0.5) is 0 Å². The molecule has 6 heteroatoms. The third-order valence-electron chi connectivity index (χ3n) is 26.7. The van der Waals surface area contributed by atoms with Gasteiger partial charge in [0.1, 0.15) is 0 Å². The Bertz CT molecular complexity index is 9050. The Morgan fingerprint density at radius 1 is 0.0909 bits per heavy atom. The minimum atomic E-state index is 1.15. The summed E-state index contributed by atoms with van der Waals surface area (Å²) in [5.41, 5.74) is 36.1. The van der Waals surface area contributed by atoms with Gasteiger partial charge in [-0.15, -0.1) is 0 Å². The topological polar surface area (TPSA) is 29.6 Å². The van der Waals surface area contributed by atoms with Crippen molar-refractivity contribution < 1.29 is 0 Å². The normalized spacial score (nSPS) is 11.6. The molecule has 0 radical (unpaired) electrons. The van der Waals surface area contributed by atoms with E-state index in [4.69, 9.17) is 0 Å². The second-order valence-corrected chi connectivity index (χ2v) is 34.2. The molecule has 0 atom stereocenters. The highest BCUT2D eigenvalue weighted by molar-refractivity contribution is 6.32. The molecule has 0 aliphatic carbocycles. The molecule has 0 amide bonds. The van der Waals surface area contributed by atoms with Crippen molar-refractivity contribution in [1.29, 1.82) is 0 Å². The van der Waals surface area contributed by atoms with Gasteiger partial charge in [-0.1, -0.05) is 358 Å². The van der Waals surface area contributed by atoms with Crippen LogP contribution < -0.4 is 0 Å². The predicted molar refractivity (Wildman–Crippen MR) is 558 cm³/mol. The lowest BCUT2D eigenvalue weighted by Gasteiger charge is -2.12.